The minimum absolute atomic E-state index is 0.0529. The Hall–Kier alpha value is -1.10. The number of hydrogen-bond donors (Lipinski definition) is 1. The van der Waals surface area contributed by atoms with E-state index in [-0.39, 0.29) is 10.8 Å². The lowest BCUT2D eigenvalue weighted by molar-refractivity contribution is -0.111. The van der Waals surface area contributed by atoms with Crippen LogP contribution in [-0.4, -0.2) is 22.9 Å². The van der Waals surface area contributed by atoms with Gasteiger partial charge < -0.3 is 5.73 Å². The van der Waals surface area contributed by atoms with Crippen LogP contribution in [0.1, 0.15) is 0 Å². The number of hydrogen-bond acceptors (Lipinski definition) is 3. The summed E-state index contributed by atoms with van der Waals surface area (Å²) < 4.78 is 0. The minimum atomic E-state index is -0.405. The molecule has 1 rings (SSSR count). The molecule has 0 aliphatic carbocycles. The number of rotatable bonds is 1. The first-order valence-corrected chi connectivity index (χ1v) is 2.57. The Bertz CT molecular complexity index is 230. The molecule has 0 bridgehead atoms. The number of amidine groups is 1. The fourth-order valence-corrected chi connectivity index (χ4v) is 0.496. The molecule has 9 heavy (non-hydrogen) atoms. The largest absolute Gasteiger partial charge is 0.387 e. The first-order valence-electron chi connectivity index (χ1n) is 2.16. The molecule has 0 unspecified atom stereocenters. The molecule has 1 heterocycles. The zero-order valence-corrected chi connectivity index (χ0v) is 5.18. The Morgan fingerprint density at radius 3 is 2.67 bits per heavy atom. The Morgan fingerprint density at radius 1 is 1.78 bits per heavy atom. The van der Waals surface area contributed by atoms with Crippen molar-refractivity contribution in [1.29, 1.82) is 0 Å². The first-order chi connectivity index (χ1) is 4.20. The van der Waals surface area contributed by atoms with E-state index in [1.54, 1.807) is 0 Å². The third-order valence-electron chi connectivity index (χ3n) is 0.734. The summed E-state index contributed by atoms with van der Waals surface area (Å²) in [5, 5.41) is 0. The maximum atomic E-state index is 10.3. The van der Waals surface area contributed by atoms with Gasteiger partial charge in [0.15, 0.2) is 5.84 Å². The molecule has 0 spiro atoms. The molecule has 0 fully saturated rings. The summed E-state index contributed by atoms with van der Waals surface area (Å²) in [5.74, 6) is -0.257. The van der Waals surface area contributed by atoms with Crippen molar-refractivity contribution in [2.75, 3.05) is 0 Å². The maximum absolute atomic E-state index is 10.3. The van der Waals surface area contributed by atoms with Gasteiger partial charge in [0, 0.05) is 0 Å². The van der Waals surface area contributed by atoms with Crippen LogP contribution in [0.3, 0.4) is 0 Å². The van der Waals surface area contributed by atoms with Crippen molar-refractivity contribution < 1.29 is 4.79 Å². The van der Waals surface area contributed by atoms with Gasteiger partial charge in [-0.15, -0.1) is 0 Å². The molecule has 1 aliphatic rings. The van der Waals surface area contributed by atoms with E-state index in [0.717, 1.165) is 6.21 Å². The van der Waals surface area contributed by atoms with Crippen LogP contribution < -0.4 is 5.73 Å². The lowest BCUT2D eigenvalue weighted by Gasteiger charge is -1.85. The second-order valence-electron chi connectivity index (χ2n) is 1.40. The normalized spacial score (nSPS) is 16.0. The Morgan fingerprint density at radius 2 is 2.44 bits per heavy atom. The number of nitrogens with zero attached hydrogens (tertiary/aromatic N) is 2. The maximum Gasteiger partial charge on any atom is 0.290 e. The summed E-state index contributed by atoms with van der Waals surface area (Å²) in [6.45, 7) is 0. The van der Waals surface area contributed by atoms with Crippen molar-refractivity contribution in [2.45, 2.75) is 0 Å². The number of thiocarbonyl (C=S) groups is 1. The van der Waals surface area contributed by atoms with Crippen molar-refractivity contribution in [2.24, 2.45) is 15.7 Å². The van der Waals surface area contributed by atoms with E-state index >= 15 is 0 Å². The average Bonchev–Trinajstić information content (AvgIpc) is 2.14. The smallest absolute Gasteiger partial charge is 0.290 e. The fourth-order valence-electron chi connectivity index (χ4n) is 0.397. The van der Waals surface area contributed by atoms with Gasteiger partial charge >= 0.3 is 0 Å². The van der Waals surface area contributed by atoms with Crippen molar-refractivity contribution in [3.63, 3.8) is 0 Å². The van der Waals surface area contributed by atoms with Gasteiger partial charge in [-0.05, 0) is 0 Å². The highest BCUT2D eigenvalue weighted by molar-refractivity contribution is 7.82. The molecule has 46 valence electrons. The molecule has 1 amide bonds. The van der Waals surface area contributed by atoms with Gasteiger partial charge in [0.05, 0.1) is 6.21 Å². The zero-order valence-electron chi connectivity index (χ0n) is 4.37. The lowest BCUT2D eigenvalue weighted by atomic mass is 10.6. The van der Waals surface area contributed by atoms with Crippen LogP contribution in [0.5, 0.6) is 0 Å². The van der Waals surface area contributed by atoms with Crippen LogP contribution in [0.25, 0.3) is 0 Å². The van der Waals surface area contributed by atoms with Gasteiger partial charge in [0.1, 0.15) is 4.99 Å². The molecule has 1 aliphatic heterocycles. The minimum Gasteiger partial charge on any atom is -0.387 e. The van der Waals surface area contributed by atoms with E-state index in [9.17, 15) is 4.79 Å². The van der Waals surface area contributed by atoms with Crippen LogP contribution in [0.2, 0.25) is 0 Å². The predicted molar refractivity (Wildman–Crippen MR) is 37.7 cm³/mol. The molecule has 0 aromatic heterocycles. The molecule has 4 nitrogen and oxygen atoms in total. The second kappa shape index (κ2) is 2.02. The highest BCUT2D eigenvalue weighted by Crippen LogP contribution is 1.90. The molecule has 0 saturated carbocycles. The Labute approximate surface area is 56.5 Å². The topological polar surface area (TPSA) is 67.8 Å². The standard InChI is InChI=1S/C4H3N3OS/c5-3(9)4-6-1-2(8)7-4/h1H,(H2,5,9). The highest BCUT2D eigenvalue weighted by atomic mass is 32.1. The van der Waals surface area contributed by atoms with E-state index in [1.807, 2.05) is 0 Å². The predicted octanol–water partition coefficient (Wildman–Crippen LogP) is -0.718. The van der Waals surface area contributed by atoms with Crippen molar-refractivity contribution in [3.8, 4) is 0 Å². The second-order valence-corrected chi connectivity index (χ2v) is 1.84. The number of carbonyl (C=O) groups excluding carboxylic acids is 1. The molecular formula is C4H3N3OS. The quantitative estimate of drug-likeness (QED) is 0.490. The molecule has 0 aromatic carbocycles. The van der Waals surface area contributed by atoms with E-state index in [0.29, 0.717) is 0 Å². The SMILES string of the molecule is NC(=S)C1=NC(=O)C=N1. The highest BCUT2D eigenvalue weighted by Gasteiger charge is 2.08. The third kappa shape index (κ3) is 1.17. The van der Waals surface area contributed by atoms with Gasteiger partial charge in [-0.25, -0.2) is 4.99 Å². The zero-order chi connectivity index (χ0) is 6.85. The summed E-state index contributed by atoms with van der Waals surface area (Å²) in [7, 11) is 0. The van der Waals surface area contributed by atoms with Crippen LogP contribution in [0.4, 0.5) is 0 Å². The summed E-state index contributed by atoms with van der Waals surface area (Å²) in [6, 6.07) is 0. The monoisotopic (exact) mass is 141 g/mol. The molecule has 5 heteroatoms. The van der Waals surface area contributed by atoms with E-state index in [1.165, 1.54) is 0 Å². The average molecular weight is 141 g/mol. The molecule has 0 atom stereocenters. The number of nitrogens with two attached hydrogens (primary N) is 1. The van der Waals surface area contributed by atoms with Crippen molar-refractivity contribution in [1.82, 2.24) is 0 Å². The summed E-state index contributed by atoms with van der Waals surface area (Å²) in [5.41, 5.74) is 5.09. The first kappa shape index (κ1) is 6.03. The van der Waals surface area contributed by atoms with Crippen LogP contribution in [0, 0.1) is 0 Å². The van der Waals surface area contributed by atoms with Crippen LogP contribution >= 0.6 is 12.2 Å². The number of carbonyl (C=O) groups is 1. The fraction of sp³-hybridized carbons (Fsp3) is 0. The molecule has 2 N–H and O–H groups in total. The van der Waals surface area contributed by atoms with Gasteiger partial charge in [-0.1, -0.05) is 12.2 Å². The summed E-state index contributed by atoms with van der Waals surface area (Å²) in [6.07, 6.45) is 1.08. The molecule has 0 aromatic rings. The third-order valence-corrected chi connectivity index (χ3v) is 0.916. The van der Waals surface area contributed by atoms with Crippen molar-refractivity contribution >= 4 is 35.2 Å². The van der Waals surface area contributed by atoms with Gasteiger partial charge in [-0.3, -0.25) is 4.79 Å². The van der Waals surface area contributed by atoms with E-state index in [2.05, 4.69) is 22.2 Å². The van der Waals surface area contributed by atoms with E-state index < -0.39 is 5.91 Å². The van der Waals surface area contributed by atoms with Crippen LogP contribution in [0.15, 0.2) is 9.98 Å². The van der Waals surface area contributed by atoms with Crippen molar-refractivity contribution in [3.05, 3.63) is 0 Å². The van der Waals surface area contributed by atoms with Gasteiger partial charge in [0.2, 0.25) is 0 Å². The summed E-state index contributed by atoms with van der Waals surface area (Å²) >= 11 is 4.49. The summed E-state index contributed by atoms with van der Waals surface area (Å²) in [4.78, 5) is 17.3. The molecule has 0 saturated heterocycles. The molecular weight excluding hydrogens is 138 g/mol. The lowest BCUT2D eigenvalue weighted by Crippen LogP contribution is -2.17. The Kier molecular flexibility index (Phi) is 1.35. The number of amides is 1. The number of aliphatic imine (C=N–C) groups is 2. The van der Waals surface area contributed by atoms with Gasteiger partial charge in [-0.2, -0.15) is 4.99 Å². The van der Waals surface area contributed by atoms with Gasteiger partial charge in [0.25, 0.3) is 5.91 Å². The Balaban J connectivity index is 2.88. The molecule has 0 radical (unpaired) electrons. The van der Waals surface area contributed by atoms with E-state index in [4.69, 9.17) is 5.73 Å². The van der Waals surface area contributed by atoms with Crippen LogP contribution in [-0.2, 0) is 4.79 Å².